The SMILES string of the molecule is CCC(CSC)NC(=O)C(C)C(C)N. The number of carbonyl (C=O) groups is 1. The fourth-order valence-electron chi connectivity index (χ4n) is 1.03. The zero-order valence-corrected chi connectivity index (χ0v) is 10.4. The third-order valence-corrected chi connectivity index (χ3v) is 3.14. The van der Waals surface area contributed by atoms with Crippen LogP contribution in [-0.2, 0) is 4.79 Å². The molecule has 3 nitrogen and oxygen atoms in total. The Morgan fingerprint density at radius 3 is 2.43 bits per heavy atom. The zero-order valence-electron chi connectivity index (χ0n) is 9.54. The van der Waals surface area contributed by atoms with E-state index in [1.807, 2.05) is 20.1 Å². The molecule has 0 radical (unpaired) electrons. The minimum absolute atomic E-state index is 0.0703. The average Bonchev–Trinajstić information content (AvgIpc) is 2.15. The van der Waals surface area contributed by atoms with E-state index in [0.29, 0.717) is 0 Å². The third kappa shape index (κ3) is 4.86. The molecule has 3 N–H and O–H groups in total. The van der Waals surface area contributed by atoms with Gasteiger partial charge in [0.1, 0.15) is 0 Å². The second-order valence-corrected chi connectivity index (χ2v) is 4.63. The van der Waals surface area contributed by atoms with Gasteiger partial charge in [0.05, 0.1) is 0 Å². The summed E-state index contributed by atoms with van der Waals surface area (Å²) >= 11 is 1.75. The van der Waals surface area contributed by atoms with E-state index in [2.05, 4.69) is 12.2 Å². The molecule has 0 aliphatic rings. The third-order valence-electron chi connectivity index (χ3n) is 2.41. The molecule has 3 atom stereocenters. The van der Waals surface area contributed by atoms with Gasteiger partial charge in [0.2, 0.25) is 5.91 Å². The Morgan fingerprint density at radius 2 is 2.07 bits per heavy atom. The first-order chi connectivity index (χ1) is 6.52. The summed E-state index contributed by atoms with van der Waals surface area (Å²) < 4.78 is 0. The van der Waals surface area contributed by atoms with Crippen LogP contribution >= 0.6 is 11.8 Å². The molecule has 0 aliphatic carbocycles. The van der Waals surface area contributed by atoms with Crippen LogP contribution in [0.25, 0.3) is 0 Å². The maximum atomic E-state index is 11.6. The maximum Gasteiger partial charge on any atom is 0.224 e. The Balaban J connectivity index is 4.01. The van der Waals surface area contributed by atoms with Crippen molar-refractivity contribution in [3.8, 4) is 0 Å². The van der Waals surface area contributed by atoms with Gasteiger partial charge in [-0.1, -0.05) is 13.8 Å². The van der Waals surface area contributed by atoms with Gasteiger partial charge in [-0.15, -0.1) is 0 Å². The fraction of sp³-hybridized carbons (Fsp3) is 0.900. The number of rotatable bonds is 6. The number of thioether (sulfide) groups is 1. The van der Waals surface area contributed by atoms with Crippen molar-refractivity contribution in [1.29, 1.82) is 0 Å². The number of amides is 1. The predicted molar refractivity (Wildman–Crippen MR) is 63.4 cm³/mol. The van der Waals surface area contributed by atoms with Crippen molar-refractivity contribution in [2.45, 2.75) is 39.3 Å². The van der Waals surface area contributed by atoms with Crippen molar-refractivity contribution in [3.63, 3.8) is 0 Å². The monoisotopic (exact) mass is 218 g/mol. The van der Waals surface area contributed by atoms with Crippen LogP contribution in [0.1, 0.15) is 27.2 Å². The first-order valence-corrected chi connectivity index (χ1v) is 6.47. The van der Waals surface area contributed by atoms with E-state index < -0.39 is 0 Å². The minimum atomic E-state index is -0.106. The van der Waals surface area contributed by atoms with Crippen LogP contribution in [0.15, 0.2) is 0 Å². The number of nitrogens with two attached hydrogens (primary N) is 1. The molecule has 4 heteroatoms. The van der Waals surface area contributed by atoms with Crippen LogP contribution in [-0.4, -0.2) is 30.0 Å². The molecule has 0 aromatic heterocycles. The highest BCUT2D eigenvalue weighted by atomic mass is 32.2. The lowest BCUT2D eigenvalue weighted by molar-refractivity contribution is -0.125. The molecular formula is C10H22N2OS. The van der Waals surface area contributed by atoms with Crippen LogP contribution in [0.2, 0.25) is 0 Å². The first kappa shape index (κ1) is 13.8. The highest BCUT2D eigenvalue weighted by Gasteiger charge is 2.19. The molecule has 0 aromatic rings. The molecule has 0 aromatic carbocycles. The van der Waals surface area contributed by atoms with Crippen molar-refractivity contribution < 1.29 is 4.79 Å². The molecule has 0 saturated heterocycles. The fourth-order valence-corrected chi connectivity index (χ4v) is 1.76. The average molecular weight is 218 g/mol. The van der Waals surface area contributed by atoms with Gasteiger partial charge in [-0.3, -0.25) is 4.79 Å². The summed E-state index contributed by atoms with van der Waals surface area (Å²) in [5.41, 5.74) is 5.66. The van der Waals surface area contributed by atoms with Gasteiger partial charge in [0, 0.05) is 23.8 Å². The molecule has 0 rings (SSSR count). The van der Waals surface area contributed by atoms with Gasteiger partial charge in [-0.2, -0.15) is 11.8 Å². The minimum Gasteiger partial charge on any atom is -0.352 e. The first-order valence-electron chi connectivity index (χ1n) is 5.07. The molecule has 0 fully saturated rings. The molecule has 84 valence electrons. The van der Waals surface area contributed by atoms with Crippen molar-refractivity contribution in [2.75, 3.05) is 12.0 Å². The van der Waals surface area contributed by atoms with Crippen LogP contribution in [0.5, 0.6) is 0 Å². The Morgan fingerprint density at radius 1 is 1.50 bits per heavy atom. The van der Waals surface area contributed by atoms with Gasteiger partial charge in [0.25, 0.3) is 0 Å². The largest absolute Gasteiger partial charge is 0.352 e. The van der Waals surface area contributed by atoms with Crippen LogP contribution in [0, 0.1) is 5.92 Å². The summed E-state index contributed by atoms with van der Waals surface area (Å²) in [7, 11) is 0. The Kier molecular flexibility index (Phi) is 7.01. The molecule has 1 amide bonds. The number of hydrogen-bond acceptors (Lipinski definition) is 3. The molecule has 0 heterocycles. The molecule has 0 aliphatic heterocycles. The standard InChI is InChI=1S/C10H22N2OS/c1-5-9(6-14-4)12-10(13)7(2)8(3)11/h7-9H,5-6,11H2,1-4H3,(H,12,13). The summed E-state index contributed by atoms with van der Waals surface area (Å²) in [5.74, 6) is 0.931. The molecule has 3 unspecified atom stereocenters. The van der Waals surface area contributed by atoms with E-state index in [1.54, 1.807) is 11.8 Å². The smallest absolute Gasteiger partial charge is 0.224 e. The van der Waals surface area contributed by atoms with Gasteiger partial charge in [0.15, 0.2) is 0 Å². The molecule has 0 saturated carbocycles. The maximum absolute atomic E-state index is 11.6. The van der Waals surface area contributed by atoms with Gasteiger partial charge in [-0.25, -0.2) is 0 Å². The van der Waals surface area contributed by atoms with Crippen LogP contribution < -0.4 is 11.1 Å². The second kappa shape index (κ2) is 7.12. The Hall–Kier alpha value is -0.220. The number of carbonyl (C=O) groups excluding carboxylic acids is 1. The van der Waals surface area contributed by atoms with Crippen molar-refractivity contribution in [1.82, 2.24) is 5.32 Å². The molecule has 14 heavy (non-hydrogen) atoms. The summed E-state index contributed by atoms with van der Waals surface area (Å²) in [6.07, 6.45) is 3.02. The van der Waals surface area contributed by atoms with Crippen molar-refractivity contribution in [3.05, 3.63) is 0 Å². The van der Waals surface area contributed by atoms with Gasteiger partial charge >= 0.3 is 0 Å². The van der Waals surface area contributed by atoms with Crippen LogP contribution in [0.4, 0.5) is 0 Å². The lowest BCUT2D eigenvalue weighted by Gasteiger charge is -2.20. The molecule has 0 bridgehead atoms. The van der Waals surface area contributed by atoms with E-state index in [0.717, 1.165) is 12.2 Å². The van der Waals surface area contributed by atoms with Gasteiger partial charge < -0.3 is 11.1 Å². The molecular weight excluding hydrogens is 196 g/mol. The van der Waals surface area contributed by atoms with Crippen molar-refractivity contribution in [2.24, 2.45) is 11.7 Å². The second-order valence-electron chi connectivity index (χ2n) is 3.72. The molecule has 0 spiro atoms. The normalized spacial score (nSPS) is 17.2. The summed E-state index contributed by atoms with van der Waals surface area (Å²) in [6, 6.07) is 0.195. The van der Waals surface area contributed by atoms with E-state index in [9.17, 15) is 4.79 Å². The Bertz CT molecular complexity index is 174. The lowest BCUT2D eigenvalue weighted by atomic mass is 10.0. The number of hydrogen-bond donors (Lipinski definition) is 2. The van der Waals surface area contributed by atoms with E-state index in [1.165, 1.54) is 0 Å². The van der Waals surface area contributed by atoms with Crippen molar-refractivity contribution >= 4 is 17.7 Å². The summed E-state index contributed by atoms with van der Waals surface area (Å²) in [5, 5.41) is 3.01. The van der Waals surface area contributed by atoms with E-state index in [-0.39, 0.29) is 23.9 Å². The van der Waals surface area contributed by atoms with Gasteiger partial charge in [-0.05, 0) is 19.6 Å². The lowest BCUT2D eigenvalue weighted by Crippen LogP contribution is -2.44. The van der Waals surface area contributed by atoms with E-state index in [4.69, 9.17) is 5.73 Å². The highest BCUT2D eigenvalue weighted by molar-refractivity contribution is 7.98. The Labute approximate surface area is 91.2 Å². The van der Waals surface area contributed by atoms with Crippen LogP contribution in [0.3, 0.4) is 0 Å². The van der Waals surface area contributed by atoms with E-state index >= 15 is 0 Å². The summed E-state index contributed by atoms with van der Waals surface area (Å²) in [6.45, 7) is 5.81. The summed E-state index contributed by atoms with van der Waals surface area (Å²) in [4.78, 5) is 11.6. The topological polar surface area (TPSA) is 55.1 Å². The number of nitrogens with one attached hydrogen (secondary N) is 1. The highest BCUT2D eigenvalue weighted by Crippen LogP contribution is 2.05. The zero-order chi connectivity index (χ0) is 11.1. The predicted octanol–water partition coefficient (Wildman–Crippen LogP) is 1.23. The quantitative estimate of drug-likeness (QED) is 0.705.